The second kappa shape index (κ2) is 7.00. The number of carbonyl (C=O) groups is 2. The normalized spacial score (nSPS) is 14.2. The van der Waals surface area contributed by atoms with Gasteiger partial charge in [0.1, 0.15) is 18.3 Å². The Morgan fingerprint density at radius 1 is 1.04 bits per heavy atom. The number of amides is 2. The van der Waals surface area contributed by atoms with Gasteiger partial charge in [0.25, 0.3) is 5.91 Å². The maximum atomic E-state index is 12.8. The van der Waals surface area contributed by atoms with Crippen LogP contribution in [0.4, 0.5) is 5.69 Å². The van der Waals surface area contributed by atoms with E-state index in [0.29, 0.717) is 28.7 Å². The van der Waals surface area contributed by atoms with Crippen molar-refractivity contribution in [3.05, 3.63) is 76.1 Å². The number of anilines is 1. The van der Waals surface area contributed by atoms with Crippen LogP contribution in [-0.2, 0) is 4.79 Å². The molecule has 0 spiro atoms. The van der Waals surface area contributed by atoms with Crippen LogP contribution in [-0.4, -0.2) is 41.3 Å². The molecule has 2 amide bonds. The van der Waals surface area contributed by atoms with E-state index in [9.17, 15) is 19.6 Å². The van der Waals surface area contributed by atoms with Crippen LogP contribution in [0.3, 0.4) is 0 Å². The van der Waals surface area contributed by atoms with Crippen LogP contribution >= 0.6 is 0 Å². The summed E-state index contributed by atoms with van der Waals surface area (Å²) >= 11 is 0. The zero-order valence-corrected chi connectivity index (χ0v) is 14.9. The summed E-state index contributed by atoms with van der Waals surface area (Å²) in [5, 5.41) is 9.76. The summed E-state index contributed by atoms with van der Waals surface area (Å²) in [6, 6.07) is 17.2. The lowest BCUT2D eigenvalue weighted by atomic mass is 10.1. The number of para-hydroxylation sites is 2. The molecule has 2 aromatic carbocycles. The van der Waals surface area contributed by atoms with Gasteiger partial charge in [0.15, 0.2) is 5.43 Å². The molecule has 4 rings (SSSR count). The largest absolute Gasteiger partial charge is 0.350 e. The molecule has 7 nitrogen and oxygen atoms in total. The predicted molar refractivity (Wildman–Crippen MR) is 104 cm³/mol. The van der Waals surface area contributed by atoms with Crippen molar-refractivity contribution >= 4 is 28.4 Å². The Morgan fingerprint density at radius 3 is 2.57 bits per heavy atom. The number of nitrogens with one attached hydrogen (secondary N) is 1. The second-order valence-corrected chi connectivity index (χ2v) is 6.49. The number of rotatable bonds is 2. The molecule has 0 saturated carbocycles. The van der Waals surface area contributed by atoms with Crippen LogP contribution in [0.15, 0.2) is 59.4 Å². The number of hydrogen-bond acceptors (Lipinski definition) is 4. The summed E-state index contributed by atoms with van der Waals surface area (Å²) in [7, 11) is 0. The van der Waals surface area contributed by atoms with Crippen LogP contribution in [0.1, 0.15) is 16.1 Å². The topological polar surface area (TPSA) is 97.3 Å². The van der Waals surface area contributed by atoms with Gasteiger partial charge in [-0.3, -0.25) is 14.4 Å². The summed E-state index contributed by atoms with van der Waals surface area (Å²) < 4.78 is 0. The monoisotopic (exact) mass is 372 g/mol. The van der Waals surface area contributed by atoms with Crippen molar-refractivity contribution in [1.29, 1.82) is 5.26 Å². The Labute approximate surface area is 160 Å². The number of fused-ring (bicyclic) bond motifs is 1. The summed E-state index contributed by atoms with van der Waals surface area (Å²) in [5.41, 5.74) is 1.44. The summed E-state index contributed by atoms with van der Waals surface area (Å²) in [6.07, 6.45) is 0. The van der Waals surface area contributed by atoms with Gasteiger partial charge in [0, 0.05) is 30.1 Å². The van der Waals surface area contributed by atoms with Gasteiger partial charge in [0.05, 0.1) is 11.3 Å². The number of H-pyrrole nitrogens is 1. The van der Waals surface area contributed by atoms with Crippen LogP contribution < -0.4 is 10.3 Å². The van der Waals surface area contributed by atoms with Gasteiger partial charge in [-0.2, -0.15) is 5.26 Å². The van der Waals surface area contributed by atoms with Crippen molar-refractivity contribution in [3.63, 3.8) is 0 Å². The van der Waals surface area contributed by atoms with Crippen LogP contribution in [0.2, 0.25) is 0 Å². The number of hydrogen-bond donors (Lipinski definition) is 1. The highest BCUT2D eigenvalue weighted by atomic mass is 16.2. The van der Waals surface area contributed by atoms with Gasteiger partial charge >= 0.3 is 0 Å². The summed E-state index contributed by atoms with van der Waals surface area (Å²) in [4.78, 5) is 43.7. The molecule has 1 N–H and O–H groups in total. The predicted octanol–water partition coefficient (Wildman–Crippen LogP) is 1.89. The SMILES string of the molecule is N#Cc1ccccc1N1CCN(C(=O)c2cc(=O)c3ccccc3[nH]2)CC1=O. The molecule has 2 heterocycles. The van der Waals surface area contributed by atoms with Crippen molar-refractivity contribution in [2.75, 3.05) is 24.5 Å². The molecule has 7 heteroatoms. The summed E-state index contributed by atoms with van der Waals surface area (Å²) in [6.45, 7) is 0.466. The lowest BCUT2D eigenvalue weighted by molar-refractivity contribution is -0.120. The fourth-order valence-corrected chi connectivity index (χ4v) is 3.39. The van der Waals surface area contributed by atoms with Crippen LogP contribution in [0, 0.1) is 11.3 Å². The molecule has 0 bridgehead atoms. The third-order valence-electron chi connectivity index (χ3n) is 4.79. The van der Waals surface area contributed by atoms with Gasteiger partial charge in [-0.1, -0.05) is 24.3 Å². The van der Waals surface area contributed by atoms with Crippen molar-refractivity contribution in [1.82, 2.24) is 9.88 Å². The molecule has 0 atom stereocenters. The number of benzene rings is 2. The first-order valence-corrected chi connectivity index (χ1v) is 8.79. The molecule has 1 aliphatic heterocycles. The van der Waals surface area contributed by atoms with E-state index in [2.05, 4.69) is 11.1 Å². The molecule has 138 valence electrons. The van der Waals surface area contributed by atoms with Gasteiger partial charge in [-0.15, -0.1) is 0 Å². The molecule has 0 aliphatic carbocycles. The highest BCUT2D eigenvalue weighted by Gasteiger charge is 2.30. The van der Waals surface area contributed by atoms with Crippen molar-refractivity contribution in [2.45, 2.75) is 0 Å². The highest BCUT2D eigenvalue weighted by molar-refractivity contribution is 6.02. The van der Waals surface area contributed by atoms with Gasteiger partial charge in [0.2, 0.25) is 5.91 Å². The van der Waals surface area contributed by atoms with E-state index in [4.69, 9.17) is 0 Å². The lowest BCUT2D eigenvalue weighted by Gasteiger charge is -2.34. The van der Waals surface area contributed by atoms with Crippen molar-refractivity contribution < 1.29 is 9.59 Å². The number of aromatic amines is 1. The molecule has 3 aromatic rings. The molecular formula is C21H16N4O3. The number of piperazine rings is 1. The molecular weight excluding hydrogens is 356 g/mol. The number of nitrogens with zero attached hydrogens (tertiary/aromatic N) is 3. The fourth-order valence-electron chi connectivity index (χ4n) is 3.39. The fraction of sp³-hybridized carbons (Fsp3) is 0.143. The zero-order chi connectivity index (χ0) is 19.7. The summed E-state index contributed by atoms with van der Waals surface area (Å²) in [5.74, 6) is -0.671. The number of aromatic nitrogens is 1. The first kappa shape index (κ1) is 17.5. The minimum Gasteiger partial charge on any atom is -0.350 e. The molecule has 0 unspecified atom stereocenters. The standard InChI is InChI=1S/C21H16N4O3/c22-12-14-5-1-4-8-18(14)25-10-9-24(13-20(25)27)21(28)17-11-19(26)15-6-2-3-7-16(15)23-17/h1-8,11H,9-10,13H2,(H,23,26). The average Bonchev–Trinajstić information content (AvgIpc) is 2.73. The van der Waals surface area contributed by atoms with E-state index in [0.717, 1.165) is 0 Å². The van der Waals surface area contributed by atoms with Gasteiger partial charge < -0.3 is 14.8 Å². The van der Waals surface area contributed by atoms with Crippen LogP contribution in [0.25, 0.3) is 10.9 Å². The molecule has 1 fully saturated rings. The van der Waals surface area contributed by atoms with Gasteiger partial charge in [-0.05, 0) is 24.3 Å². The van der Waals surface area contributed by atoms with Crippen molar-refractivity contribution in [2.24, 2.45) is 0 Å². The van der Waals surface area contributed by atoms with E-state index in [1.165, 1.54) is 15.9 Å². The third-order valence-corrected chi connectivity index (χ3v) is 4.79. The zero-order valence-electron chi connectivity index (χ0n) is 14.9. The lowest BCUT2D eigenvalue weighted by Crippen LogP contribution is -2.52. The second-order valence-electron chi connectivity index (χ2n) is 6.49. The molecule has 1 aromatic heterocycles. The smallest absolute Gasteiger partial charge is 0.270 e. The van der Waals surface area contributed by atoms with Crippen LogP contribution in [0.5, 0.6) is 0 Å². The first-order valence-electron chi connectivity index (χ1n) is 8.79. The number of nitriles is 1. The molecule has 28 heavy (non-hydrogen) atoms. The first-order chi connectivity index (χ1) is 13.6. The average molecular weight is 372 g/mol. The van der Waals surface area contributed by atoms with Crippen molar-refractivity contribution in [3.8, 4) is 6.07 Å². The van der Waals surface area contributed by atoms with E-state index >= 15 is 0 Å². The maximum Gasteiger partial charge on any atom is 0.270 e. The Balaban J connectivity index is 1.58. The maximum absolute atomic E-state index is 12.8. The Kier molecular flexibility index (Phi) is 4.38. The van der Waals surface area contributed by atoms with E-state index in [-0.39, 0.29) is 30.1 Å². The Morgan fingerprint density at radius 2 is 1.79 bits per heavy atom. The molecule has 1 saturated heterocycles. The number of carbonyl (C=O) groups excluding carboxylic acids is 2. The highest BCUT2D eigenvalue weighted by Crippen LogP contribution is 2.22. The quantitative estimate of drug-likeness (QED) is 0.743. The Bertz CT molecular complexity index is 1190. The van der Waals surface area contributed by atoms with E-state index in [1.807, 2.05) is 0 Å². The van der Waals surface area contributed by atoms with E-state index < -0.39 is 5.91 Å². The van der Waals surface area contributed by atoms with Gasteiger partial charge in [-0.25, -0.2) is 0 Å². The minimum atomic E-state index is -0.399. The van der Waals surface area contributed by atoms with E-state index in [1.54, 1.807) is 48.5 Å². The minimum absolute atomic E-state index is 0.118. The third kappa shape index (κ3) is 3.01. The Hall–Kier alpha value is -3.92. The molecule has 0 radical (unpaired) electrons. The number of pyridine rings is 1. The molecule has 1 aliphatic rings.